The summed E-state index contributed by atoms with van der Waals surface area (Å²) in [7, 11) is -4.00. The van der Waals surface area contributed by atoms with Crippen LogP contribution in [0.15, 0.2) is 59.5 Å². The van der Waals surface area contributed by atoms with E-state index in [0.29, 0.717) is 19.5 Å². The fraction of sp³-hybridized carbons (Fsp3) is 0.294. The molecule has 0 aromatic heterocycles. The van der Waals surface area contributed by atoms with Crippen LogP contribution in [-0.2, 0) is 10.0 Å². The molecule has 0 radical (unpaired) electrons. The number of nitrogens with zero attached hydrogens (tertiary/aromatic N) is 1. The minimum absolute atomic E-state index is 0.0347. The van der Waals surface area contributed by atoms with Crippen LogP contribution in [0, 0.1) is 10.1 Å². The Bertz CT molecular complexity index is 855. The fourth-order valence-corrected chi connectivity index (χ4v) is 4.63. The van der Waals surface area contributed by atoms with Gasteiger partial charge in [0, 0.05) is 24.6 Å². The van der Waals surface area contributed by atoms with Gasteiger partial charge in [0.2, 0.25) is 10.0 Å². The third kappa shape index (κ3) is 3.87. The van der Waals surface area contributed by atoms with Gasteiger partial charge >= 0.3 is 0 Å². The van der Waals surface area contributed by atoms with Gasteiger partial charge in [0.25, 0.3) is 5.69 Å². The number of rotatable bonds is 5. The summed E-state index contributed by atoms with van der Waals surface area (Å²) in [6.45, 7) is 1.33. The van der Waals surface area contributed by atoms with Gasteiger partial charge in [-0.3, -0.25) is 10.1 Å². The molecule has 2 aromatic carbocycles. The lowest BCUT2D eigenvalue weighted by Gasteiger charge is -2.32. The molecule has 0 bridgehead atoms. The SMILES string of the molecule is O=[N+]([O-])c1ccccc1S(=O)(=O)NC1CCNCC1c1ccccc1. The normalized spacial score (nSPS) is 21.0. The van der Waals surface area contributed by atoms with Gasteiger partial charge in [0.05, 0.1) is 4.92 Å². The van der Waals surface area contributed by atoms with Crippen molar-refractivity contribution >= 4 is 15.7 Å². The zero-order valence-electron chi connectivity index (χ0n) is 13.5. The molecule has 25 heavy (non-hydrogen) atoms. The number of sulfonamides is 1. The summed E-state index contributed by atoms with van der Waals surface area (Å²) < 4.78 is 28.2. The first-order valence-electron chi connectivity index (χ1n) is 8.00. The second-order valence-corrected chi connectivity index (χ2v) is 7.64. The van der Waals surface area contributed by atoms with Crippen molar-refractivity contribution in [2.24, 2.45) is 0 Å². The highest BCUT2D eigenvalue weighted by atomic mass is 32.2. The summed E-state index contributed by atoms with van der Waals surface area (Å²) in [5.41, 5.74) is 0.616. The van der Waals surface area contributed by atoms with E-state index < -0.39 is 20.6 Å². The average Bonchev–Trinajstić information content (AvgIpc) is 2.62. The highest BCUT2D eigenvalue weighted by Gasteiger charge is 2.33. The topological polar surface area (TPSA) is 101 Å². The molecule has 2 aromatic rings. The minimum atomic E-state index is -4.00. The standard InChI is InChI=1S/C17H19N3O4S/c21-20(22)16-8-4-5-9-17(16)25(23,24)19-15-10-11-18-12-14(15)13-6-2-1-3-7-13/h1-9,14-15,18-19H,10-12H2. The van der Waals surface area contributed by atoms with E-state index in [1.54, 1.807) is 0 Å². The Morgan fingerprint density at radius 1 is 1.08 bits per heavy atom. The van der Waals surface area contributed by atoms with Crippen molar-refractivity contribution in [1.29, 1.82) is 0 Å². The molecule has 1 aliphatic rings. The summed E-state index contributed by atoms with van der Waals surface area (Å²) in [6.07, 6.45) is 0.611. The van der Waals surface area contributed by atoms with Gasteiger partial charge in [-0.15, -0.1) is 0 Å². The summed E-state index contributed by atoms with van der Waals surface area (Å²) >= 11 is 0. The van der Waals surface area contributed by atoms with Crippen LogP contribution in [0.2, 0.25) is 0 Å². The fourth-order valence-electron chi connectivity index (χ4n) is 3.15. The molecule has 1 aliphatic heterocycles. The van der Waals surface area contributed by atoms with Crippen molar-refractivity contribution in [1.82, 2.24) is 10.0 Å². The maximum atomic E-state index is 12.8. The van der Waals surface area contributed by atoms with Gasteiger partial charge in [0.15, 0.2) is 4.90 Å². The Balaban J connectivity index is 1.90. The summed E-state index contributed by atoms with van der Waals surface area (Å²) in [5.74, 6) is -0.0347. The average molecular weight is 361 g/mol. The quantitative estimate of drug-likeness (QED) is 0.627. The Labute approximate surface area is 146 Å². The number of hydrogen-bond acceptors (Lipinski definition) is 5. The van der Waals surface area contributed by atoms with Crippen molar-refractivity contribution in [3.63, 3.8) is 0 Å². The molecule has 0 spiro atoms. The Kier molecular flexibility index (Phi) is 5.12. The predicted molar refractivity (Wildman–Crippen MR) is 93.9 cm³/mol. The van der Waals surface area contributed by atoms with Gasteiger partial charge in [-0.1, -0.05) is 42.5 Å². The second-order valence-electron chi connectivity index (χ2n) is 5.96. The molecule has 0 saturated carbocycles. The molecule has 2 atom stereocenters. The molecule has 1 fully saturated rings. The lowest BCUT2D eigenvalue weighted by molar-refractivity contribution is -0.387. The third-order valence-corrected chi connectivity index (χ3v) is 5.91. The van der Waals surface area contributed by atoms with E-state index in [-0.39, 0.29) is 16.9 Å². The van der Waals surface area contributed by atoms with E-state index in [1.165, 1.54) is 24.3 Å². The zero-order chi connectivity index (χ0) is 17.9. The first-order chi connectivity index (χ1) is 12.0. The van der Waals surface area contributed by atoms with E-state index in [4.69, 9.17) is 0 Å². The highest BCUT2D eigenvalue weighted by Crippen LogP contribution is 2.28. The number of nitrogens with one attached hydrogen (secondary N) is 2. The smallest absolute Gasteiger partial charge is 0.289 e. The number of nitro benzene ring substituents is 1. The van der Waals surface area contributed by atoms with E-state index in [0.717, 1.165) is 5.56 Å². The van der Waals surface area contributed by atoms with Crippen LogP contribution in [0.5, 0.6) is 0 Å². The van der Waals surface area contributed by atoms with Crippen LogP contribution in [0.25, 0.3) is 0 Å². The molecule has 1 saturated heterocycles. The van der Waals surface area contributed by atoms with Crippen molar-refractivity contribution in [2.45, 2.75) is 23.3 Å². The number of piperidine rings is 1. The molecule has 1 heterocycles. The maximum absolute atomic E-state index is 12.8. The predicted octanol–water partition coefficient (Wildman–Crippen LogP) is 2.02. The van der Waals surface area contributed by atoms with Crippen LogP contribution < -0.4 is 10.0 Å². The molecule has 0 aliphatic carbocycles. The second kappa shape index (κ2) is 7.30. The Morgan fingerprint density at radius 3 is 2.48 bits per heavy atom. The van der Waals surface area contributed by atoms with Crippen LogP contribution in [0.1, 0.15) is 17.9 Å². The van der Waals surface area contributed by atoms with E-state index in [2.05, 4.69) is 10.0 Å². The molecular formula is C17H19N3O4S. The van der Waals surface area contributed by atoms with Crippen LogP contribution in [0.4, 0.5) is 5.69 Å². The lowest BCUT2D eigenvalue weighted by Crippen LogP contribution is -2.48. The summed E-state index contributed by atoms with van der Waals surface area (Å²) in [6, 6.07) is 14.7. The number of benzene rings is 2. The first kappa shape index (κ1) is 17.5. The molecule has 2 unspecified atom stereocenters. The van der Waals surface area contributed by atoms with Gasteiger partial charge < -0.3 is 5.32 Å². The summed E-state index contributed by atoms with van der Waals surface area (Å²) in [5, 5.41) is 14.4. The van der Waals surface area contributed by atoms with Gasteiger partial charge in [-0.05, 0) is 24.6 Å². The molecule has 3 rings (SSSR count). The number of nitro groups is 1. The molecule has 8 heteroatoms. The first-order valence-corrected chi connectivity index (χ1v) is 9.49. The van der Waals surface area contributed by atoms with Crippen molar-refractivity contribution < 1.29 is 13.3 Å². The van der Waals surface area contributed by atoms with Crippen LogP contribution in [0.3, 0.4) is 0 Å². The van der Waals surface area contributed by atoms with Crippen molar-refractivity contribution in [3.8, 4) is 0 Å². The monoisotopic (exact) mass is 361 g/mol. The third-order valence-electron chi connectivity index (χ3n) is 4.37. The number of hydrogen-bond donors (Lipinski definition) is 2. The van der Waals surface area contributed by atoms with E-state index in [1.807, 2.05) is 30.3 Å². The minimum Gasteiger partial charge on any atom is -0.316 e. The molecule has 2 N–H and O–H groups in total. The zero-order valence-corrected chi connectivity index (χ0v) is 14.3. The molecular weight excluding hydrogens is 342 g/mol. The Morgan fingerprint density at radius 2 is 1.76 bits per heavy atom. The number of para-hydroxylation sites is 1. The highest BCUT2D eigenvalue weighted by molar-refractivity contribution is 7.89. The van der Waals surface area contributed by atoms with Crippen molar-refractivity contribution in [2.75, 3.05) is 13.1 Å². The van der Waals surface area contributed by atoms with Crippen molar-refractivity contribution in [3.05, 3.63) is 70.3 Å². The van der Waals surface area contributed by atoms with Gasteiger partial charge in [-0.25, -0.2) is 13.1 Å². The van der Waals surface area contributed by atoms with E-state index in [9.17, 15) is 18.5 Å². The molecule has 0 amide bonds. The van der Waals surface area contributed by atoms with Crippen LogP contribution in [-0.4, -0.2) is 32.5 Å². The Hall–Kier alpha value is -2.29. The summed E-state index contributed by atoms with van der Waals surface area (Å²) in [4.78, 5) is 10.2. The lowest BCUT2D eigenvalue weighted by atomic mass is 9.88. The largest absolute Gasteiger partial charge is 0.316 e. The molecule has 132 valence electrons. The van der Waals surface area contributed by atoms with E-state index >= 15 is 0 Å². The van der Waals surface area contributed by atoms with Crippen LogP contribution >= 0.6 is 0 Å². The van der Waals surface area contributed by atoms with Gasteiger partial charge in [-0.2, -0.15) is 0 Å². The van der Waals surface area contributed by atoms with Gasteiger partial charge in [0.1, 0.15) is 0 Å². The maximum Gasteiger partial charge on any atom is 0.289 e. The molecule has 7 nitrogen and oxygen atoms in total.